The van der Waals surface area contributed by atoms with Crippen molar-refractivity contribution in [3.8, 4) is 0 Å². The zero-order chi connectivity index (χ0) is 26.4. The molecule has 4 aromatic rings. The molecule has 0 saturated heterocycles. The average molecular weight is 507 g/mol. The van der Waals surface area contributed by atoms with Crippen molar-refractivity contribution in [1.82, 2.24) is 0 Å². The molecule has 1 heterocycles. The van der Waals surface area contributed by atoms with E-state index < -0.39 is 27.1 Å². The zero-order valence-electron chi connectivity index (χ0n) is 20.0. The van der Waals surface area contributed by atoms with Gasteiger partial charge in [0.15, 0.2) is 0 Å². The van der Waals surface area contributed by atoms with Crippen LogP contribution in [-0.2, 0) is 0 Å². The number of nitro groups is 2. The molecule has 3 atom stereocenters. The van der Waals surface area contributed by atoms with Crippen LogP contribution in [0.2, 0.25) is 0 Å². The highest BCUT2D eigenvalue weighted by molar-refractivity contribution is 6.05. The topological polar surface area (TPSA) is 127 Å². The van der Waals surface area contributed by atoms with Crippen LogP contribution in [0.25, 0.3) is 10.8 Å². The first-order valence-corrected chi connectivity index (χ1v) is 12.2. The van der Waals surface area contributed by atoms with E-state index in [1.807, 2.05) is 24.3 Å². The maximum atomic E-state index is 12.9. The third-order valence-electron chi connectivity index (χ3n) is 7.35. The fraction of sp³-hybridized carbons (Fsp3) is 0.138. The van der Waals surface area contributed by atoms with Crippen LogP contribution in [0, 0.1) is 26.1 Å². The van der Waals surface area contributed by atoms with Crippen LogP contribution in [0.15, 0.2) is 91.0 Å². The SMILES string of the molecule is O=C(Nc1cccc([C@@H]2Nc3ccc4ccccc4c3[C@@H]3C=CC[C@@H]32)c1)c1cc([N+](=O)[O-])cc([N+](=O)[O-])c1. The van der Waals surface area contributed by atoms with E-state index >= 15 is 0 Å². The van der Waals surface area contributed by atoms with Gasteiger partial charge in [-0.15, -0.1) is 0 Å². The lowest BCUT2D eigenvalue weighted by Crippen LogP contribution is -2.29. The molecule has 1 aliphatic heterocycles. The van der Waals surface area contributed by atoms with Crippen molar-refractivity contribution < 1.29 is 14.6 Å². The summed E-state index contributed by atoms with van der Waals surface area (Å²) in [5.41, 5.74) is 2.68. The van der Waals surface area contributed by atoms with Gasteiger partial charge in [0, 0.05) is 29.4 Å². The normalized spacial score (nSPS) is 19.3. The van der Waals surface area contributed by atoms with Crippen molar-refractivity contribution in [1.29, 1.82) is 0 Å². The van der Waals surface area contributed by atoms with E-state index in [2.05, 4.69) is 53.1 Å². The summed E-state index contributed by atoms with van der Waals surface area (Å²) < 4.78 is 0. The summed E-state index contributed by atoms with van der Waals surface area (Å²) in [4.78, 5) is 33.9. The van der Waals surface area contributed by atoms with Gasteiger partial charge in [-0.25, -0.2) is 0 Å². The van der Waals surface area contributed by atoms with Crippen molar-refractivity contribution in [2.75, 3.05) is 10.6 Å². The van der Waals surface area contributed by atoms with Crippen LogP contribution >= 0.6 is 0 Å². The Morgan fingerprint density at radius 2 is 1.66 bits per heavy atom. The Labute approximate surface area is 217 Å². The molecule has 1 aliphatic carbocycles. The van der Waals surface area contributed by atoms with Crippen LogP contribution in [-0.4, -0.2) is 15.8 Å². The fourth-order valence-electron chi connectivity index (χ4n) is 5.66. The molecule has 0 saturated carbocycles. The number of amides is 1. The number of nitrogens with zero attached hydrogens (tertiary/aromatic N) is 2. The Balaban J connectivity index is 1.31. The summed E-state index contributed by atoms with van der Waals surface area (Å²) in [6.07, 6.45) is 5.42. The first-order valence-electron chi connectivity index (χ1n) is 12.2. The lowest BCUT2D eigenvalue weighted by molar-refractivity contribution is -0.394. The summed E-state index contributed by atoms with van der Waals surface area (Å²) in [5.74, 6) is -0.118. The van der Waals surface area contributed by atoms with Crippen molar-refractivity contribution in [2.24, 2.45) is 5.92 Å². The number of nitrogens with one attached hydrogen (secondary N) is 2. The van der Waals surface area contributed by atoms with Gasteiger partial charge >= 0.3 is 0 Å². The highest BCUT2D eigenvalue weighted by Crippen LogP contribution is 2.51. The Kier molecular flexibility index (Phi) is 5.60. The minimum Gasteiger partial charge on any atom is -0.378 e. The van der Waals surface area contributed by atoms with Crippen molar-refractivity contribution in [3.63, 3.8) is 0 Å². The molecule has 0 spiro atoms. The summed E-state index contributed by atoms with van der Waals surface area (Å²) in [7, 11) is 0. The molecule has 6 rings (SSSR count). The highest BCUT2D eigenvalue weighted by atomic mass is 16.6. The quantitative estimate of drug-likeness (QED) is 0.175. The molecule has 0 radical (unpaired) electrons. The number of nitro benzene ring substituents is 2. The van der Waals surface area contributed by atoms with Crippen molar-refractivity contribution in [3.05, 3.63) is 128 Å². The first kappa shape index (κ1) is 23.4. The van der Waals surface area contributed by atoms with Crippen LogP contribution < -0.4 is 10.6 Å². The Bertz CT molecular complexity index is 1630. The van der Waals surface area contributed by atoms with Gasteiger partial charge in [0.2, 0.25) is 0 Å². The van der Waals surface area contributed by atoms with Gasteiger partial charge < -0.3 is 10.6 Å². The maximum absolute atomic E-state index is 12.9. The summed E-state index contributed by atoms with van der Waals surface area (Å²) >= 11 is 0. The fourth-order valence-corrected chi connectivity index (χ4v) is 5.66. The maximum Gasteiger partial charge on any atom is 0.277 e. The van der Waals surface area contributed by atoms with Crippen molar-refractivity contribution in [2.45, 2.75) is 18.4 Å². The minimum atomic E-state index is -0.758. The lowest BCUT2D eigenvalue weighted by Gasteiger charge is -2.38. The van der Waals surface area contributed by atoms with E-state index in [0.717, 1.165) is 35.9 Å². The van der Waals surface area contributed by atoms with Gasteiger partial charge in [0.25, 0.3) is 17.3 Å². The number of rotatable bonds is 5. The largest absolute Gasteiger partial charge is 0.378 e. The number of benzene rings is 4. The molecule has 1 amide bonds. The molecule has 2 N–H and O–H groups in total. The van der Waals surface area contributed by atoms with Crippen LogP contribution in [0.1, 0.15) is 39.9 Å². The highest BCUT2D eigenvalue weighted by Gasteiger charge is 2.38. The minimum absolute atomic E-state index is 0.000542. The molecule has 9 heteroatoms. The number of allylic oxidation sites excluding steroid dienone is 2. The molecular weight excluding hydrogens is 484 g/mol. The molecular formula is C29H22N4O5. The summed E-state index contributed by atoms with van der Waals surface area (Å²) in [5, 5.41) is 31.4. The molecule has 2 aliphatic rings. The van der Waals surface area contributed by atoms with Gasteiger partial charge in [0.1, 0.15) is 0 Å². The Morgan fingerprint density at radius 1 is 0.895 bits per heavy atom. The first-order chi connectivity index (χ1) is 18.4. The van der Waals surface area contributed by atoms with Gasteiger partial charge in [-0.05, 0) is 52.4 Å². The average Bonchev–Trinajstić information content (AvgIpc) is 3.42. The molecule has 188 valence electrons. The van der Waals surface area contributed by atoms with E-state index in [1.54, 1.807) is 6.07 Å². The molecule has 9 nitrogen and oxygen atoms in total. The van der Waals surface area contributed by atoms with Gasteiger partial charge in [-0.3, -0.25) is 25.0 Å². The molecule has 38 heavy (non-hydrogen) atoms. The van der Waals surface area contributed by atoms with E-state index in [-0.39, 0.29) is 17.5 Å². The monoisotopic (exact) mass is 506 g/mol. The number of anilines is 2. The van der Waals surface area contributed by atoms with E-state index in [4.69, 9.17) is 0 Å². The van der Waals surface area contributed by atoms with E-state index in [0.29, 0.717) is 11.6 Å². The van der Waals surface area contributed by atoms with Gasteiger partial charge in [-0.2, -0.15) is 0 Å². The molecule has 0 aromatic heterocycles. The second-order valence-corrected chi connectivity index (χ2v) is 9.56. The smallest absolute Gasteiger partial charge is 0.277 e. The predicted molar refractivity (Wildman–Crippen MR) is 144 cm³/mol. The second-order valence-electron chi connectivity index (χ2n) is 9.56. The molecule has 0 bridgehead atoms. The number of hydrogen-bond acceptors (Lipinski definition) is 6. The van der Waals surface area contributed by atoms with Crippen LogP contribution in [0.3, 0.4) is 0 Å². The number of carbonyl (C=O) groups excluding carboxylic acids is 1. The number of carbonyl (C=O) groups is 1. The number of hydrogen-bond donors (Lipinski definition) is 2. The molecule has 4 aromatic carbocycles. The van der Waals surface area contributed by atoms with E-state index in [1.165, 1.54) is 16.3 Å². The van der Waals surface area contributed by atoms with Crippen LogP contribution in [0.4, 0.5) is 22.7 Å². The molecule has 0 unspecified atom stereocenters. The predicted octanol–water partition coefficient (Wildman–Crippen LogP) is 6.74. The third-order valence-corrected chi connectivity index (χ3v) is 7.35. The molecule has 0 fully saturated rings. The third kappa shape index (κ3) is 4.03. The standard InChI is InChI=1S/C29H22N4O5/c34-29(19-14-21(32(35)36)16-22(15-19)33(37)38)30-20-7-3-6-18(13-20)28-25-10-4-9-24(25)27-23-8-2-1-5-17(23)11-12-26(27)31-28/h1-9,11-16,24-25,28,31H,10H2,(H,30,34)/t24-,25+,28+/m1/s1. The summed E-state index contributed by atoms with van der Waals surface area (Å²) in [6.45, 7) is 0. The zero-order valence-corrected chi connectivity index (χ0v) is 20.0. The lowest BCUT2D eigenvalue weighted by atomic mass is 9.75. The van der Waals surface area contributed by atoms with E-state index in [9.17, 15) is 25.0 Å². The van der Waals surface area contributed by atoms with Crippen molar-refractivity contribution >= 4 is 39.4 Å². The van der Waals surface area contributed by atoms with Gasteiger partial charge in [0.05, 0.1) is 27.5 Å². The Hall–Kier alpha value is -5.05. The van der Waals surface area contributed by atoms with Crippen LogP contribution in [0.5, 0.6) is 0 Å². The second kappa shape index (κ2) is 9.11. The summed E-state index contributed by atoms with van der Waals surface area (Å²) in [6, 6.07) is 23.0. The Morgan fingerprint density at radius 3 is 2.42 bits per heavy atom. The number of fused-ring (bicyclic) bond motifs is 5. The van der Waals surface area contributed by atoms with Gasteiger partial charge in [-0.1, -0.05) is 54.6 Å². The number of non-ortho nitro benzene ring substituents is 2.